The molecule has 0 radical (unpaired) electrons. The smallest absolute Gasteiger partial charge is 0.256 e. The highest BCUT2D eigenvalue weighted by atomic mass is 35.5. The molecule has 0 aliphatic carbocycles. The van der Waals surface area contributed by atoms with E-state index in [0.717, 1.165) is 59.4 Å². The number of halogens is 1. The molecule has 0 saturated heterocycles. The lowest BCUT2D eigenvalue weighted by Gasteiger charge is -2.20. The number of rotatable bonds is 3. The summed E-state index contributed by atoms with van der Waals surface area (Å²) in [7, 11) is 0. The zero-order chi connectivity index (χ0) is 16.5. The lowest BCUT2D eigenvalue weighted by molar-refractivity contribution is 0.102. The molecule has 0 atom stereocenters. The van der Waals surface area contributed by atoms with Crippen molar-refractivity contribution in [3.63, 3.8) is 0 Å². The van der Waals surface area contributed by atoms with Crippen LogP contribution in [-0.4, -0.2) is 17.4 Å². The van der Waals surface area contributed by atoms with Crippen molar-refractivity contribution in [2.75, 3.05) is 17.2 Å². The molecule has 130 valence electrons. The molecule has 2 aromatic carbocycles. The topological polar surface area (TPSA) is 67.2 Å². The number of carbonyl (C=O) groups excluding carboxylic acids is 1. The highest BCUT2D eigenvalue weighted by Gasteiger charge is 2.17. The van der Waals surface area contributed by atoms with Crippen molar-refractivity contribution < 1.29 is 9.21 Å². The number of carbonyl (C=O) groups is 1. The second kappa shape index (κ2) is 7.15. The van der Waals surface area contributed by atoms with Gasteiger partial charge in [0.15, 0.2) is 11.5 Å². The Morgan fingerprint density at radius 2 is 2.20 bits per heavy atom. The minimum Gasteiger partial charge on any atom is -0.441 e. The summed E-state index contributed by atoms with van der Waals surface area (Å²) in [4.78, 5) is 17.1. The van der Waals surface area contributed by atoms with Crippen molar-refractivity contribution in [2.24, 2.45) is 0 Å². The number of hydrogen-bond donors (Lipinski definition) is 2. The molecule has 1 aromatic heterocycles. The molecule has 1 amide bonds. The summed E-state index contributed by atoms with van der Waals surface area (Å²) in [6, 6.07) is 11.4. The normalized spacial score (nSPS) is 12.8. The van der Waals surface area contributed by atoms with Crippen LogP contribution in [0.1, 0.15) is 35.2 Å². The van der Waals surface area contributed by atoms with Crippen molar-refractivity contribution in [2.45, 2.75) is 26.2 Å². The van der Waals surface area contributed by atoms with Crippen LogP contribution in [-0.2, 0) is 12.8 Å². The Bertz CT molecular complexity index is 920. The number of hydrogen-bond acceptors (Lipinski definition) is 4. The molecule has 1 aliphatic heterocycles. The molecule has 0 bridgehead atoms. The molecular weight excluding hydrogens is 338 g/mol. The second-order valence-corrected chi connectivity index (χ2v) is 5.96. The predicted octanol–water partition coefficient (Wildman–Crippen LogP) is 4.42. The molecule has 0 fully saturated rings. The SMILES string of the molecule is CCc1nc2cc(NC(=O)c3cccc4c3CCCN4)ccc2o1.Cl. The maximum absolute atomic E-state index is 12.7. The predicted molar refractivity (Wildman–Crippen MR) is 102 cm³/mol. The first-order chi connectivity index (χ1) is 11.7. The maximum atomic E-state index is 12.7. The highest BCUT2D eigenvalue weighted by Crippen LogP contribution is 2.26. The fourth-order valence-corrected chi connectivity index (χ4v) is 3.13. The number of fused-ring (bicyclic) bond motifs is 2. The first-order valence-electron chi connectivity index (χ1n) is 8.31. The van der Waals surface area contributed by atoms with Gasteiger partial charge in [-0.2, -0.15) is 0 Å². The van der Waals surface area contributed by atoms with Gasteiger partial charge in [0.25, 0.3) is 5.91 Å². The van der Waals surface area contributed by atoms with Crippen LogP contribution in [0, 0.1) is 0 Å². The Balaban J connectivity index is 0.00000182. The zero-order valence-electron chi connectivity index (χ0n) is 14.0. The molecule has 5 nitrogen and oxygen atoms in total. The average molecular weight is 358 g/mol. The van der Waals surface area contributed by atoms with E-state index in [2.05, 4.69) is 15.6 Å². The molecular formula is C19H20ClN3O2. The Hall–Kier alpha value is -2.53. The summed E-state index contributed by atoms with van der Waals surface area (Å²) in [5.41, 5.74) is 5.12. The van der Waals surface area contributed by atoms with Crippen molar-refractivity contribution in [3.8, 4) is 0 Å². The maximum Gasteiger partial charge on any atom is 0.256 e. The number of oxazole rings is 1. The second-order valence-electron chi connectivity index (χ2n) is 5.96. The molecule has 0 spiro atoms. The van der Waals surface area contributed by atoms with E-state index in [1.807, 2.05) is 43.3 Å². The van der Waals surface area contributed by atoms with Gasteiger partial charge < -0.3 is 15.1 Å². The van der Waals surface area contributed by atoms with E-state index in [1.165, 1.54) is 0 Å². The van der Waals surface area contributed by atoms with E-state index < -0.39 is 0 Å². The van der Waals surface area contributed by atoms with Gasteiger partial charge in [-0.15, -0.1) is 12.4 Å². The standard InChI is InChI=1S/C19H19N3O2.ClH/c1-2-18-22-16-11-12(8-9-17(16)24-18)21-19(23)14-5-3-7-15-13(14)6-4-10-20-15;/h3,5,7-9,11,20H,2,4,6,10H2,1H3,(H,21,23);1H. The van der Waals surface area contributed by atoms with Crippen LogP contribution >= 0.6 is 12.4 Å². The number of nitrogens with one attached hydrogen (secondary N) is 2. The van der Waals surface area contributed by atoms with Gasteiger partial charge in [-0.3, -0.25) is 4.79 Å². The van der Waals surface area contributed by atoms with Gasteiger partial charge in [-0.25, -0.2) is 4.98 Å². The van der Waals surface area contributed by atoms with Gasteiger partial charge in [-0.05, 0) is 48.7 Å². The van der Waals surface area contributed by atoms with E-state index >= 15 is 0 Å². The summed E-state index contributed by atoms with van der Waals surface area (Å²) in [6.07, 6.45) is 2.72. The third-order valence-corrected chi connectivity index (χ3v) is 4.33. The van der Waals surface area contributed by atoms with E-state index in [-0.39, 0.29) is 18.3 Å². The van der Waals surface area contributed by atoms with Crippen LogP contribution in [0.3, 0.4) is 0 Å². The Morgan fingerprint density at radius 3 is 3.04 bits per heavy atom. The van der Waals surface area contributed by atoms with Crippen LogP contribution in [0.15, 0.2) is 40.8 Å². The zero-order valence-corrected chi connectivity index (χ0v) is 14.8. The number of benzene rings is 2. The van der Waals surface area contributed by atoms with Gasteiger partial charge >= 0.3 is 0 Å². The van der Waals surface area contributed by atoms with Crippen LogP contribution < -0.4 is 10.6 Å². The number of nitrogens with zero attached hydrogens (tertiary/aromatic N) is 1. The Kier molecular flexibility index (Phi) is 4.95. The van der Waals surface area contributed by atoms with Crippen molar-refractivity contribution >= 4 is 40.8 Å². The van der Waals surface area contributed by atoms with Gasteiger partial charge in [-0.1, -0.05) is 13.0 Å². The van der Waals surface area contributed by atoms with E-state index in [1.54, 1.807) is 0 Å². The summed E-state index contributed by atoms with van der Waals surface area (Å²) in [5, 5.41) is 6.33. The third kappa shape index (κ3) is 3.33. The largest absolute Gasteiger partial charge is 0.441 e. The number of aromatic nitrogens is 1. The van der Waals surface area contributed by atoms with Crippen LogP contribution in [0.2, 0.25) is 0 Å². The molecule has 0 unspecified atom stereocenters. The molecule has 2 N–H and O–H groups in total. The summed E-state index contributed by atoms with van der Waals surface area (Å²) in [5.74, 6) is 0.616. The first kappa shape index (κ1) is 17.3. The molecule has 25 heavy (non-hydrogen) atoms. The fraction of sp³-hybridized carbons (Fsp3) is 0.263. The van der Waals surface area contributed by atoms with Crippen LogP contribution in [0.4, 0.5) is 11.4 Å². The molecule has 4 rings (SSSR count). The van der Waals surface area contributed by atoms with Crippen molar-refractivity contribution in [1.29, 1.82) is 0 Å². The summed E-state index contributed by atoms with van der Waals surface area (Å²) >= 11 is 0. The van der Waals surface area contributed by atoms with E-state index in [4.69, 9.17) is 4.42 Å². The van der Waals surface area contributed by atoms with Crippen molar-refractivity contribution in [3.05, 3.63) is 53.4 Å². The monoisotopic (exact) mass is 357 g/mol. The summed E-state index contributed by atoms with van der Waals surface area (Å²) < 4.78 is 5.60. The van der Waals surface area contributed by atoms with Gasteiger partial charge in [0.1, 0.15) is 5.52 Å². The average Bonchev–Trinajstić information content (AvgIpc) is 3.03. The van der Waals surface area contributed by atoms with Gasteiger partial charge in [0.05, 0.1) is 0 Å². The van der Waals surface area contributed by atoms with E-state index in [0.29, 0.717) is 5.89 Å². The third-order valence-electron chi connectivity index (χ3n) is 4.33. The van der Waals surface area contributed by atoms with Crippen LogP contribution in [0.25, 0.3) is 11.1 Å². The minimum absolute atomic E-state index is 0. The molecule has 6 heteroatoms. The summed E-state index contributed by atoms with van der Waals surface area (Å²) in [6.45, 7) is 2.96. The highest BCUT2D eigenvalue weighted by molar-refractivity contribution is 6.06. The van der Waals surface area contributed by atoms with Crippen molar-refractivity contribution in [1.82, 2.24) is 4.98 Å². The number of amides is 1. The Morgan fingerprint density at radius 1 is 1.32 bits per heavy atom. The lowest BCUT2D eigenvalue weighted by Crippen LogP contribution is -2.19. The quantitative estimate of drug-likeness (QED) is 0.728. The first-order valence-corrected chi connectivity index (χ1v) is 8.31. The molecule has 3 aromatic rings. The Labute approximate surface area is 152 Å². The van der Waals surface area contributed by atoms with E-state index in [9.17, 15) is 4.79 Å². The minimum atomic E-state index is -0.0888. The fourth-order valence-electron chi connectivity index (χ4n) is 3.13. The molecule has 0 saturated carbocycles. The number of anilines is 2. The van der Waals surface area contributed by atoms with Gasteiger partial charge in [0.2, 0.25) is 0 Å². The molecule has 2 heterocycles. The number of aryl methyl sites for hydroxylation is 1. The van der Waals surface area contributed by atoms with Gasteiger partial charge in [0, 0.05) is 29.9 Å². The lowest BCUT2D eigenvalue weighted by atomic mass is 9.97. The molecule has 1 aliphatic rings. The van der Waals surface area contributed by atoms with Crippen LogP contribution in [0.5, 0.6) is 0 Å².